The molecule has 32 heavy (non-hydrogen) atoms. The molecule has 0 fully saturated rings. The van der Waals surface area contributed by atoms with Gasteiger partial charge in [0, 0.05) is 24.5 Å². The molecule has 1 atom stereocenters. The predicted molar refractivity (Wildman–Crippen MR) is 140 cm³/mol. The third-order valence-corrected chi connectivity index (χ3v) is 5.21. The number of nitrogens with zero attached hydrogens (tertiary/aromatic N) is 4. The number of rotatable bonds is 9. The van der Waals surface area contributed by atoms with Gasteiger partial charge in [-0.05, 0) is 42.3 Å². The first kappa shape index (κ1) is 25.9. The number of aliphatic imine (C=N–C) groups is 1. The van der Waals surface area contributed by atoms with Gasteiger partial charge in [0.05, 0.1) is 19.7 Å². The summed E-state index contributed by atoms with van der Waals surface area (Å²) in [5.41, 5.74) is 2.24. The van der Waals surface area contributed by atoms with Gasteiger partial charge in [0.15, 0.2) is 5.96 Å². The van der Waals surface area contributed by atoms with E-state index in [1.54, 1.807) is 13.4 Å². The highest BCUT2D eigenvalue weighted by Gasteiger charge is 2.09. The molecule has 172 valence electrons. The molecule has 0 saturated heterocycles. The molecule has 7 nitrogen and oxygen atoms in total. The summed E-state index contributed by atoms with van der Waals surface area (Å²) in [5, 5.41) is 15.8. The normalized spacial score (nSPS) is 12.1. The molecule has 1 heterocycles. The van der Waals surface area contributed by atoms with Gasteiger partial charge in [-0.25, -0.2) is 4.99 Å². The summed E-state index contributed by atoms with van der Waals surface area (Å²) in [6.45, 7) is 6.19. The van der Waals surface area contributed by atoms with Crippen LogP contribution in [0.2, 0.25) is 5.02 Å². The first-order valence-electron chi connectivity index (χ1n) is 10.4. The Hall–Kier alpha value is -2.33. The third-order valence-electron chi connectivity index (χ3n) is 4.96. The standard InChI is InChI=1S/C23H29ClN6O.HI/c1-4-22-29-27-16-30(22)14-13-25-23(26-15-18-5-11-21(31-3)12-6-18)28-17(2)19-7-9-20(24)10-8-19;/h5-12,16-17H,4,13-15H2,1-3H3,(H2,25,26,28);1H. The van der Waals surface area contributed by atoms with Crippen molar-refractivity contribution in [2.45, 2.75) is 39.4 Å². The van der Waals surface area contributed by atoms with Crippen LogP contribution in [0.25, 0.3) is 0 Å². The van der Waals surface area contributed by atoms with Crippen LogP contribution in [0.3, 0.4) is 0 Å². The van der Waals surface area contributed by atoms with Crippen molar-refractivity contribution in [3.63, 3.8) is 0 Å². The van der Waals surface area contributed by atoms with Gasteiger partial charge >= 0.3 is 0 Å². The summed E-state index contributed by atoms with van der Waals surface area (Å²) in [6, 6.07) is 15.8. The minimum atomic E-state index is 0. The number of aromatic nitrogens is 3. The number of methoxy groups -OCH3 is 1. The SMILES string of the molecule is CCc1nncn1CCNC(=NCc1ccc(OC)cc1)NC(C)c1ccc(Cl)cc1.I. The highest BCUT2D eigenvalue weighted by Crippen LogP contribution is 2.16. The van der Waals surface area contributed by atoms with Gasteiger partial charge in [0.2, 0.25) is 0 Å². The second kappa shape index (κ2) is 13.3. The maximum Gasteiger partial charge on any atom is 0.192 e. The molecule has 0 bridgehead atoms. The summed E-state index contributed by atoms with van der Waals surface area (Å²) in [4.78, 5) is 4.78. The minimum absolute atomic E-state index is 0. The van der Waals surface area contributed by atoms with Gasteiger partial charge in [-0.1, -0.05) is 42.8 Å². The van der Waals surface area contributed by atoms with Crippen LogP contribution >= 0.6 is 35.6 Å². The molecule has 3 aromatic rings. The maximum absolute atomic E-state index is 6.03. The summed E-state index contributed by atoms with van der Waals surface area (Å²) in [7, 11) is 1.66. The van der Waals surface area contributed by atoms with Crippen LogP contribution in [0, 0.1) is 0 Å². The number of halogens is 2. The Labute approximate surface area is 211 Å². The second-order valence-corrected chi connectivity index (χ2v) is 7.59. The molecule has 0 aliphatic heterocycles. The number of hydrogen-bond donors (Lipinski definition) is 2. The van der Waals surface area contributed by atoms with Crippen LogP contribution in [0.5, 0.6) is 5.75 Å². The van der Waals surface area contributed by atoms with Gasteiger partial charge in [0.1, 0.15) is 17.9 Å². The molecule has 0 amide bonds. The van der Waals surface area contributed by atoms with Crippen molar-refractivity contribution in [1.29, 1.82) is 0 Å². The fraction of sp³-hybridized carbons (Fsp3) is 0.348. The molecule has 3 rings (SSSR count). The molecule has 1 aromatic heterocycles. The molecule has 0 saturated carbocycles. The molecule has 1 unspecified atom stereocenters. The average Bonchev–Trinajstić information content (AvgIpc) is 3.25. The first-order valence-corrected chi connectivity index (χ1v) is 10.8. The number of ether oxygens (including phenoxy) is 1. The van der Waals surface area contributed by atoms with Crippen molar-refractivity contribution in [2.75, 3.05) is 13.7 Å². The van der Waals surface area contributed by atoms with Gasteiger partial charge < -0.3 is 19.9 Å². The van der Waals surface area contributed by atoms with E-state index in [1.165, 1.54) is 0 Å². The van der Waals surface area contributed by atoms with Crippen molar-refractivity contribution < 1.29 is 4.74 Å². The Morgan fingerprint density at radius 1 is 1.16 bits per heavy atom. The first-order chi connectivity index (χ1) is 15.1. The van der Waals surface area contributed by atoms with Crippen molar-refractivity contribution in [2.24, 2.45) is 4.99 Å². The smallest absolute Gasteiger partial charge is 0.192 e. The Kier molecular flexibility index (Phi) is 10.8. The fourth-order valence-electron chi connectivity index (χ4n) is 3.13. The Bertz CT molecular complexity index is 975. The molecule has 9 heteroatoms. The predicted octanol–water partition coefficient (Wildman–Crippen LogP) is 4.62. The van der Waals surface area contributed by atoms with Crippen LogP contribution in [0.15, 0.2) is 59.9 Å². The van der Waals surface area contributed by atoms with Crippen molar-refractivity contribution in [3.8, 4) is 5.75 Å². The lowest BCUT2D eigenvalue weighted by atomic mass is 10.1. The second-order valence-electron chi connectivity index (χ2n) is 7.15. The summed E-state index contributed by atoms with van der Waals surface area (Å²) >= 11 is 6.03. The molecule has 0 aliphatic rings. The lowest BCUT2D eigenvalue weighted by molar-refractivity contribution is 0.414. The van der Waals surface area contributed by atoms with Gasteiger partial charge in [-0.3, -0.25) is 0 Å². The highest BCUT2D eigenvalue weighted by atomic mass is 127. The molecule has 0 radical (unpaired) electrons. The van der Waals surface area contributed by atoms with Crippen LogP contribution in [0.1, 0.15) is 36.8 Å². The van der Waals surface area contributed by atoms with E-state index < -0.39 is 0 Å². The number of benzene rings is 2. The van der Waals surface area contributed by atoms with Crippen LogP contribution < -0.4 is 15.4 Å². The minimum Gasteiger partial charge on any atom is -0.497 e. The quantitative estimate of drug-likeness (QED) is 0.224. The molecule has 2 N–H and O–H groups in total. The van der Waals surface area contributed by atoms with Crippen molar-refractivity contribution >= 4 is 41.5 Å². The molecule has 0 spiro atoms. The lowest BCUT2D eigenvalue weighted by Gasteiger charge is -2.19. The van der Waals surface area contributed by atoms with Crippen LogP contribution in [0.4, 0.5) is 0 Å². The summed E-state index contributed by atoms with van der Waals surface area (Å²) in [6.07, 6.45) is 2.61. The van der Waals surface area contributed by atoms with Crippen LogP contribution in [-0.2, 0) is 19.5 Å². The molecule has 2 aromatic carbocycles. The van der Waals surface area contributed by atoms with E-state index in [9.17, 15) is 0 Å². The topological polar surface area (TPSA) is 76.4 Å². The van der Waals surface area contributed by atoms with E-state index in [4.69, 9.17) is 21.3 Å². The van der Waals surface area contributed by atoms with Gasteiger partial charge in [0.25, 0.3) is 0 Å². The molecule has 0 aliphatic carbocycles. The molecular weight excluding hydrogens is 539 g/mol. The highest BCUT2D eigenvalue weighted by molar-refractivity contribution is 14.0. The van der Waals surface area contributed by atoms with E-state index >= 15 is 0 Å². The Morgan fingerprint density at radius 2 is 1.88 bits per heavy atom. The van der Waals surface area contributed by atoms with E-state index in [1.807, 2.05) is 48.5 Å². The number of nitrogens with one attached hydrogen (secondary N) is 2. The van der Waals surface area contributed by atoms with E-state index in [-0.39, 0.29) is 30.0 Å². The van der Waals surface area contributed by atoms with E-state index in [2.05, 4.69) is 39.2 Å². The zero-order valence-electron chi connectivity index (χ0n) is 18.6. The lowest BCUT2D eigenvalue weighted by Crippen LogP contribution is -2.40. The Balaban J connectivity index is 0.00000363. The van der Waals surface area contributed by atoms with Gasteiger partial charge in [-0.2, -0.15) is 0 Å². The number of guanidine groups is 1. The molecular formula is C23H30ClIN6O. The fourth-order valence-corrected chi connectivity index (χ4v) is 3.25. The zero-order valence-corrected chi connectivity index (χ0v) is 21.7. The Morgan fingerprint density at radius 3 is 2.53 bits per heavy atom. The number of aryl methyl sites for hydroxylation is 1. The zero-order chi connectivity index (χ0) is 22.1. The van der Waals surface area contributed by atoms with Crippen molar-refractivity contribution in [3.05, 3.63) is 76.8 Å². The third kappa shape index (κ3) is 7.67. The average molecular weight is 569 g/mol. The maximum atomic E-state index is 6.03. The monoisotopic (exact) mass is 568 g/mol. The number of hydrogen-bond acceptors (Lipinski definition) is 4. The summed E-state index contributed by atoms with van der Waals surface area (Å²) in [5.74, 6) is 2.55. The van der Waals surface area contributed by atoms with Gasteiger partial charge in [-0.15, -0.1) is 34.2 Å². The summed E-state index contributed by atoms with van der Waals surface area (Å²) < 4.78 is 7.28. The van der Waals surface area contributed by atoms with Crippen molar-refractivity contribution in [1.82, 2.24) is 25.4 Å². The largest absolute Gasteiger partial charge is 0.497 e. The van der Waals surface area contributed by atoms with E-state index in [0.29, 0.717) is 13.1 Å². The van der Waals surface area contributed by atoms with E-state index in [0.717, 1.165) is 46.6 Å². The van der Waals surface area contributed by atoms with Crippen LogP contribution in [-0.4, -0.2) is 34.4 Å².